The molecule has 1 heterocycles. The summed E-state index contributed by atoms with van der Waals surface area (Å²) >= 11 is 0. The van der Waals surface area contributed by atoms with Crippen molar-refractivity contribution in [3.05, 3.63) is 41.6 Å². The molecule has 2 aromatic rings. The Morgan fingerprint density at radius 1 is 1.16 bits per heavy atom. The van der Waals surface area contributed by atoms with E-state index in [1.54, 1.807) is 20.1 Å². The topological polar surface area (TPSA) is 96.0 Å². The van der Waals surface area contributed by atoms with Crippen LogP contribution < -0.4 is 20.8 Å². The van der Waals surface area contributed by atoms with E-state index < -0.39 is 5.60 Å². The lowest BCUT2D eigenvalue weighted by Crippen LogP contribution is -2.28. The lowest BCUT2D eigenvalue weighted by atomic mass is 10.2. The van der Waals surface area contributed by atoms with E-state index in [4.69, 9.17) is 10.5 Å². The highest BCUT2D eigenvalue weighted by molar-refractivity contribution is 5.80. The first-order chi connectivity index (χ1) is 15.2. The van der Waals surface area contributed by atoms with Crippen molar-refractivity contribution in [2.24, 2.45) is 5.10 Å². The summed E-state index contributed by atoms with van der Waals surface area (Å²) in [5.41, 5.74) is 12.2. The Kier molecular flexibility index (Phi) is 11.6. The summed E-state index contributed by atoms with van der Waals surface area (Å²) in [5.74, 6) is 0.461. The molecule has 4 N–H and O–H groups in total. The molecule has 0 unspecified atom stereocenters. The SMILES string of the molecule is CC.CCCN(CCC)c1cc(/C=N/Nc2cc(C)ccc2N)nc(OCC(C)(C)O)c1. The first-order valence-corrected chi connectivity index (χ1v) is 11.5. The first kappa shape index (κ1) is 27.2. The zero-order valence-electron chi connectivity index (χ0n) is 20.8. The molecule has 0 aliphatic rings. The molecule has 0 amide bonds. The van der Waals surface area contributed by atoms with Crippen LogP contribution in [0.15, 0.2) is 35.4 Å². The van der Waals surface area contributed by atoms with Gasteiger partial charge in [0.2, 0.25) is 5.88 Å². The Balaban J connectivity index is 0.00000249. The summed E-state index contributed by atoms with van der Waals surface area (Å²) in [6, 6.07) is 9.66. The van der Waals surface area contributed by atoms with Crippen LogP contribution in [0.2, 0.25) is 0 Å². The average Bonchev–Trinajstić information content (AvgIpc) is 2.75. The highest BCUT2D eigenvalue weighted by Gasteiger charge is 2.15. The van der Waals surface area contributed by atoms with Crippen molar-refractivity contribution >= 4 is 23.3 Å². The summed E-state index contributed by atoms with van der Waals surface area (Å²) in [6.45, 7) is 15.8. The molecule has 0 bridgehead atoms. The maximum atomic E-state index is 10.00. The molecule has 7 heteroatoms. The predicted octanol–water partition coefficient (Wildman–Crippen LogP) is 5.22. The fourth-order valence-electron chi connectivity index (χ4n) is 2.93. The Labute approximate surface area is 193 Å². The van der Waals surface area contributed by atoms with Crippen molar-refractivity contribution in [2.75, 3.05) is 35.8 Å². The standard InChI is InChI=1S/C23H35N5O2.C2H6/c1-6-10-28(11-7-2)19-13-18(26-22(14-19)30-16-23(4,5)29)15-25-27-21-12-17(3)8-9-20(21)24;1-2/h8-9,12-15,27,29H,6-7,10-11,16,24H2,1-5H3;1-2H3/b25-15+;. The van der Waals surface area contributed by atoms with E-state index in [0.717, 1.165) is 42.9 Å². The molecule has 0 fully saturated rings. The van der Waals surface area contributed by atoms with E-state index in [1.165, 1.54) is 0 Å². The van der Waals surface area contributed by atoms with Gasteiger partial charge in [-0.05, 0) is 57.4 Å². The average molecular weight is 444 g/mol. The number of anilines is 3. The van der Waals surface area contributed by atoms with E-state index in [2.05, 4.69) is 34.3 Å². The number of hydrogen-bond donors (Lipinski definition) is 3. The number of ether oxygens (including phenoxy) is 1. The van der Waals surface area contributed by atoms with Crippen molar-refractivity contribution in [2.45, 2.75) is 66.9 Å². The van der Waals surface area contributed by atoms with Crippen LogP contribution in [0.25, 0.3) is 0 Å². The minimum absolute atomic E-state index is 0.152. The quantitative estimate of drug-likeness (QED) is 0.250. The van der Waals surface area contributed by atoms with Crippen LogP contribution in [0.3, 0.4) is 0 Å². The number of hydrogen-bond acceptors (Lipinski definition) is 7. The summed E-state index contributed by atoms with van der Waals surface area (Å²) in [6.07, 6.45) is 3.73. The minimum Gasteiger partial charge on any atom is -0.475 e. The number of aromatic nitrogens is 1. The van der Waals surface area contributed by atoms with Crippen molar-refractivity contribution < 1.29 is 9.84 Å². The number of hydrazone groups is 1. The van der Waals surface area contributed by atoms with Gasteiger partial charge in [-0.15, -0.1) is 0 Å². The van der Waals surface area contributed by atoms with Gasteiger partial charge in [-0.25, -0.2) is 4.98 Å². The molecule has 0 aliphatic heterocycles. The minimum atomic E-state index is -0.942. The van der Waals surface area contributed by atoms with E-state index in [9.17, 15) is 5.11 Å². The van der Waals surface area contributed by atoms with Gasteiger partial charge in [0.1, 0.15) is 6.61 Å². The van der Waals surface area contributed by atoms with Crippen LogP contribution >= 0.6 is 0 Å². The van der Waals surface area contributed by atoms with E-state index >= 15 is 0 Å². The van der Waals surface area contributed by atoms with Crippen LogP contribution in [0, 0.1) is 6.92 Å². The van der Waals surface area contributed by atoms with Gasteiger partial charge in [0.05, 0.1) is 28.9 Å². The van der Waals surface area contributed by atoms with Crippen molar-refractivity contribution in [1.29, 1.82) is 0 Å². The Morgan fingerprint density at radius 2 is 1.81 bits per heavy atom. The number of aryl methyl sites for hydroxylation is 1. The zero-order valence-corrected chi connectivity index (χ0v) is 20.8. The molecule has 0 atom stereocenters. The number of rotatable bonds is 11. The summed E-state index contributed by atoms with van der Waals surface area (Å²) in [5, 5.41) is 14.3. The molecule has 2 rings (SSSR count). The number of nitrogens with zero attached hydrogens (tertiary/aromatic N) is 3. The van der Waals surface area contributed by atoms with Gasteiger partial charge in [-0.2, -0.15) is 5.10 Å². The molecule has 1 aromatic carbocycles. The summed E-state index contributed by atoms with van der Waals surface area (Å²) in [4.78, 5) is 6.84. The molecule has 0 saturated carbocycles. The largest absolute Gasteiger partial charge is 0.475 e. The van der Waals surface area contributed by atoms with Gasteiger partial charge < -0.3 is 20.5 Å². The fraction of sp³-hybridized carbons (Fsp3) is 0.520. The van der Waals surface area contributed by atoms with Gasteiger partial charge in [0, 0.05) is 24.8 Å². The first-order valence-electron chi connectivity index (χ1n) is 11.5. The molecule has 0 spiro atoms. The summed E-state index contributed by atoms with van der Waals surface area (Å²) in [7, 11) is 0. The second-order valence-electron chi connectivity index (χ2n) is 8.14. The number of nitrogens with two attached hydrogens (primary N) is 1. The second-order valence-corrected chi connectivity index (χ2v) is 8.14. The van der Waals surface area contributed by atoms with Crippen molar-refractivity contribution in [3.8, 4) is 5.88 Å². The van der Waals surface area contributed by atoms with Crippen molar-refractivity contribution in [1.82, 2.24) is 4.98 Å². The van der Waals surface area contributed by atoms with E-state index in [-0.39, 0.29) is 6.61 Å². The Hall–Kier alpha value is -2.80. The molecular formula is C25H41N5O2. The number of benzene rings is 1. The van der Waals surface area contributed by atoms with E-state index in [1.807, 2.05) is 51.1 Å². The molecule has 178 valence electrons. The Bertz CT molecular complexity index is 841. The molecule has 32 heavy (non-hydrogen) atoms. The van der Waals surface area contributed by atoms with Gasteiger partial charge in [0.15, 0.2) is 0 Å². The van der Waals surface area contributed by atoms with Gasteiger partial charge in [0.25, 0.3) is 0 Å². The van der Waals surface area contributed by atoms with Crippen LogP contribution in [-0.2, 0) is 0 Å². The molecule has 0 radical (unpaired) electrons. The van der Waals surface area contributed by atoms with Crippen LogP contribution in [-0.4, -0.2) is 41.6 Å². The number of nitrogens with one attached hydrogen (secondary N) is 1. The number of pyridine rings is 1. The molecule has 0 saturated heterocycles. The van der Waals surface area contributed by atoms with Gasteiger partial charge in [-0.3, -0.25) is 5.43 Å². The predicted molar refractivity (Wildman–Crippen MR) is 137 cm³/mol. The van der Waals surface area contributed by atoms with Gasteiger partial charge >= 0.3 is 0 Å². The van der Waals surface area contributed by atoms with Crippen LogP contribution in [0.4, 0.5) is 17.1 Å². The molecule has 0 aliphatic carbocycles. The maximum absolute atomic E-state index is 10.00. The summed E-state index contributed by atoms with van der Waals surface area (Å²) < 4.78 is 5.77. The van der Waals surface area contributed by atoms with Crippen LogP contribution in [0.1, 0.15) is 65.6 Å². The third kappa shape index (κ3) is 9.56. The van der Waals surface area contributed by atoms with E-state index in [0.29, 0.717) is 17.3 Å². The highest BCUT2D eigenvalue weighted by Crippen LogP contribution is 2.23. The lowest BCUT2D eigenvalue weighted by molar-refractivity contribution is 0.0268. The normalized spacial score (nSPS) is 11.1. The van der Waals surface area contributed by atoms with Crippen molar-refractivity contribution in [3.63, 3.8) is 0 Å². The third-order valence-electron chi connectivity index (χ3n) is 4.32. The molecule has 1 aromatic heterocycles. The molecule has 7 nitrogen and oxygen atoms in total. The third-order valence-corrected chi connectivity index (χ3v) is 4.32. The smallest absolute Gasteiger partial charge is 0.216 e. The number of aliphatic hydroxyl groups is 1. The lowest BCUT2D eigenvalue weighted by Gasteiger charge is -2.25. The second kappa shape index (κ2) is 13.6. The number of nitrogen functional groups attached to an aromatic ring is 1. The fourth-order valence-corrected chi connectivity index (χ4v) is 2.93. The highest BCUT2D eigenvalue weighted by atomic mass is 16.5. The Morgan fingerprint density at radius 3 is 2.41 bits per heavy atom. The zero-order chi connectivity index (χ0) is 24.1. The van der Waals surface area contributed by atoms with Crippen LogP contribution in [0.5, 0.6) is 5.88 Å². The molecular weight excluding hydrogens is 402 g/mol. The van der Waals surface area contributed by atoms with Gasteiger partial charge in [-0.1, -0.05) is 33.8 Å². The monoisotopic (exact) mass is 443 g/mol. The maximum Gasteiger partial charge on any atom is 0.216 e.